The van der Waals surface area contributed by atoms with Crippen molar-refractivity contribution in [1.29, 1.82) is 0 Å². The molecule has 7 heteroatoms. The fourth-order valence-corrected chi connectivity index (χ4v) is 5.39. The fourth-order valence-electron chi connectivity index (χ4n) is 5.39. The molecular weight excluding hydrogens is 482 g/mol. The molecule has 0 rings (SSSR count). The van der Waals surface area contributed by atoms with Gasteiger partial charge in [-0.3, -0.25) is 14.4 Å². The van der Waals surface area contributed by atoms with Gasteiger partial charge in [-0.05, 0) is 51.4 Å². The highest BCUT2D eigenvalue weighted by molar-refractivity contribution is 5.71. The van der Waals surface area contributed by atoms with E-state index in [1.807, 2.05) is 20.8 Å². The zero-order chi connectivity index (χ0) is 28.8. The molecule has 0 aliphatic carbocycles. The van der Waals surface area contributed by atoms with Crippen molar-refractivity contribution in [2.24, 2.45) is 17.8 Å². The normalized spacial score (nSPS) is 15.7. The van der Waals surface area contributed by atoms with Crippen LogP contribution in [0.15, 0.2) is 12.2 Å². The Balaban J connectivity index is 5.03. The molecule has 0 saturated heterocycles. The van der Waals surface area contributed by atoms with E-state index >= 15 is 0 Å². The average Bonchev–Trinajstić information content (AvgIpc) is 2.88. The predicted octanol–water partition coefficient (Wildman–Crippen LogP) is 7.39. The summed E-state index contributed by atoms with van der Waals surface area (Å²) in [5.41, 5.74) is 0. The van der Waals surface area contributed by atoms with E-state index in [0.29, 0.717) is 25.8 Å². The third-order valence-corrected chi connectivity index (χ3v) is 7.97. The standard InChI is InChI=1S/C31H57NO6/c1-5-9-10-11-12-13-14-15-16-17-18-19-20-21-22-32(23-26(6-2)29(33)34,24-27(7-3)30(35)36)25-28(8-4)31(37)38/h10-11,26-28H,5-9,12-25H2,1-4H3,(H2-,33,34,35,36,37,38)/p+1/b11-10+. The number of hydrogen-bond acceptors (Lipinski definition) is 3. The van der Waals surface area contributed by atoms with Gasteiger partial charge in [-0.1, -0.05) is 84.8 Å². The van der Waals surface area contributed by atoms with Gasteiger partial charge in [0.25, 0.3) is 0 Å². The molecule has 0 aliphatic rings. The number of allylic oxidation sites excluding steroid dienone is 2. The fraction of sp³-hybridized carbons (Fsp3) is 0.839. The summed E-state index contributed by atoms with van der Waals surface area (Å²) in [4.78, 5) is 35.8. The molecule has 0 amide bonds. The SMILES string of the molecule is CCC/C=C/CCCCCCCCCCC[N+](CC(CC)C(=O)O)(CC(CC)C(=O)O)CC(CC)C(=O)O. The highest BCUT2D eigenvalue weighted by Crippen LogP contribution is 2.25. The third kappa shape index (κ3) is 16.2. The Morgan fingerprint density at radius 1 is 0.553 bits per heavy atom. The van der Waals surface area contributed by atoms with Gasteiger partial charge in [0.05, 0.1) is 26.2 Å². The molecule has 3 unspecified atom stereocenters. The first-order chi connectivity index (χ1) is 18.2. The van der Waals surface area contributed by atoms with Gasteiger partial charge >= 0.3 is 17.9 Å². The molecule has 0 aromatic rings. The second kappa shape index (κ2) is 22.0. The Labute approximate surface area is 232 Å². The smallest absolute Gasteiger partial charge is 0.312 e. The van der Waals surface area contributed by atoms with Crippen LogP contribution in [0.3, 0.4) is 0 Å². The van der Waals surface area contributed by atoms with E-state index in [0.717, 1.165) is 19.3 Å². The van der Waals surface area contributed by atoms with E-state index < -0.39 is 35.7 Å². The topological polar surface area (TPSA) is 112 Å². The van der Waals surface area contributed by atoms with Gasteiger partial charge in [0.1, 0.15) is 17.8 Å². The van der Waals surface area contributed by atoms with Crippen molar-refractivity contribution in [2.75, 3.05) is 26.2 Å². The molecule has 222 valence electrons. The molecular formula is C31H58NO6+. The average molecular weight is 541 g/mol. The molecule has 0 fully saturated rings. The Bertz CT molecular complexity index is 617. The third-order valence-electron chi connectivity index (χ3n) is 7.97. The molecule has 0 radical (unpaired) electrons. The lowest BCUT2D eigenvalue weighted by atomic mass is 9.95. The van der Waals surface area contributed by atoms with E-state index in [2.05, 4.69) is 19.1 Å². The van der Waals surface area contributed by atoms with Crippen molar-refractivity contribution in [2.45, 2.75) is 124 Å². The number of hydrogen-bond donors (Lipinski definition) is 3. The summed E-state index contributed by atoms with van der Waals surface area (Å²) >= 11 is 0. The number of carboxylic acids is 3. The Hall–Kier alpha value is -1.89. The minimum atomic E-state index is -0.890. The Morgan fingerprint density at radius 3 is 1.24 bits per heavy atom. The predicted molar refractivity (Wildman–Crippen MR) is 154 cm³/mol. The van der Waals surface area contributed by atoms with Gasteiger partial charge in [0.2, 0.25) is 0 Å². The van der Waals surface area contributed by atoms with Gasteiger partial charge in [-0.25, -0.2) is 0 Å². The summed E-state index contributed by atoms with van der Waals surface area (Å²) in [5.74, 6) is -4.52. The molecule has 0 heterocycles. The maximum Gasteiger partial charge on any atom is 0.312 e. The largest absolute Gasteiger partial charge is 0.481 e. The number of nitrogens with zero attached hydrogens (tertiary/aromatic N) is 1. The van der Waals surface area contributed by atoms with Gasteiger partial charge in [0, 0.05) is 0 Å². The van der Waals surface area contributed by atoms with E-state index in [4.69, 9.17) is 0 Å². The molecule has 0 aliphatic heterocycles. The van der Waals surface area contributed by atoms with E-state index in [1.54, 1.807) is 0 Å². The molecule has 0 saturated carbocycles. The number of unbranched alkanes of at least 4 members (excludes halogenated alkanes) is 10. The van der Waals surface area contributed by atoms with Crippen molar-refractivity contribution < 1.29 is 34.2 Å². The number of aliphatic carboxylic acids is 3. The lowest BCUT2D eigenvalue weighted by Gasteiger charge is -2.43. The van der Waals surface area contributed by atoms with Crippen molar-refractivity contribution in [3.8, 4) is 0 Å². The molecule has 0 aromatic heterocycles. The molecule has 3 atom stereocenters. The van der Waals surface area contributed by atoms with Crippen LogP contribution in [0.1, 0.15) is 124 Å². The van der Waals surface area contributed by atoms with Crippen LogP contribution >= 0.6 is 0 Å². The number of quaternary nitrogens is 1. The second-order valence-corrected chi connectivity index (χ2v) is 11.2. The van der Waals surface area contributed by atoms with Gasteiger partial charge in [0.15, 0.2) is 0 Å². The minimum Gasteiger partial charge on any atom is -0.481 e. The first-order valence-corrected chi connectivity index (χ1v) is 15.3. The summed E-state index contributed by atoms with van der Waals surface area (Å²) in [6.07, 6.45) is 19.9. The Morgan fingerprint density at radius 2 is 0.895 bits per heavy atom. The molecule has 38 heavy (non-hydrogen) atoms. The van der Waals surface area contributed by atoms with Gasteiger partial charge in [-0.2, -0.15) is 0 Å². The molecule has 0 bridgehead atoms. The summed E-state index contributed by atoms with van der Waals surface area (Å²) in [6.45, 7) is 9.18. The van der Waals surface area contributed by atoms with Crippen LogP contribution < -0.4 is 0 Å². The monoisotopic (exact) mass is 540 g/mol. The zero-order valence-electron chi connectivity index (χ0n) is 24.8. The molecule has 0 spiro atoms. The maximum absolute atomic E-state index is 11.9. The van der Waals surface area contributed by atoms with Crippen molar-refractivity contribution in [3.05, 3.63) is 12.2 Å². The van der Waals surface area contributed by atoms with Gasteiger partial charge in [-0.15, -0.1) is 0 Å². The first-order valence-electron chi connectivity index (χ1n) is 15.3. The van der Waals surface area contributed by atoms with Crippen molar-refractivity contribution >= 4 is 17.9 Å². The number of carbonyl (C=O) groups is 3. The lowest BCUT2D eigenvalue weighted by Crippen LogP contribution is -2.58. The van der Waals surface area contributed by atoms with Crippen LogP contribution in [0.2, 0.25) is 0 Å². The summed E-state index contributed by atoms with van der Waals surface area (Å²) in [5, 5.41) is 29.4. The zero-order valence-corrected chi connectivity index (χ0v) is 24.8. The summed E-state index contributed by atoms with van der Waals surface area (Å²) < 4.78 is 0.257. The highest BCUT2D eigenvalue weighted by Gasteiger charge is 2.40. The summed E-state index contributed by atoms with van der Waals surface area (Å²) in [7, 11) is 0. The summed E-state index contributed by atoms with van der Waals surface area (Å²) in [6, 6.07) is 0. The maximum atomic E-state index is 11.9. The van der Waals surface area contributed by atoms with Crippen LogP contribution in [0.25, 0.3) is 0 Å². The van der Waals surface area contributed by atoms with Crippen LogP contribution in [-0.4, -0.2) is 63.9 Å². The Kier molecular flexibility index (Phi) is 20.9. The molecule has 7 nitrogen and oxygen atoms in total. The van der Waals surface area contributed by atoms with Crippen LogP contribution in [0.4, 0.5) is 0 Å². The highest BCUT2D eigenvalue weighted by atomic mass is 16.4. The molecule has 3 N–H and O–H groups in total. The molecule has 0 aromatic carbocycles. The van der Waals surface area contributed by atoms with Crippen molar-refractivity contribution in [1.82, 2.24) is 0 Å². The van der Waals surface area contributed by atoms with E-state index in [-0.39, 0.29) is 24.1 Å². The second-order valence-electron chi connectivity index (χ2n) is 11.2. The first kappa shape index (κ1) is 36.1. The number of carboxylic acid groups (broad SMARTS) is 3. The quantitative estimate of drug-likeness (QED) is 0.0599. The van der Waals surface area contributed by atoms with Crippen molar-refractivity contribution in [3.63, 3.8) is 0 Å². The number of rotatable bonds is 26. The van der Waals surface area contributed by atoms with E-state index in [1.165, 1.54) is 57.8 Å². The van der Waals surface area contributed by atoms with Crippen LogP contribution in [0.5, 0.6) is 0 Å². The van der Waals surface area contributed by atoms with Crippen LogP contribution in [0, 0.1) is 17.8 Å². The lowest BCUT2D eigenvalue weighted by molar-refractivity contribution is -0.935. The van der Waals surface area contributed by atoms with E-state index in [9.17, 15) is 29.7 Å². The van der Waals surface area contributed by atoms with Crippen LogP contribution in [-0.2, 0) is 14.4 Å². The minimum absolute atomic E-state index is 0.257. The van der Waals surface area contributed by atoms with Gasteiger partial charge < -0.3 is 19.8 Å².